The Morgan fingerprint density at radius 2 is 2.23 bits per heavy atom. The average Bonchev–Trinajstić information content (AvgIpc) is 2.46. The summed E-state index contributed by atoms with van der Waals surface area (Å²) in [4.78, 5) is 24.6. The Kier molecular flexibility index (Phi) is 3.07. The number of hydrogen-bond acceptors (Lipinski definition) is 2. The van der Waals surface area contributed by atoms with Crippen molar-refractivity contribution < 1.29 is 9.59 Å². The van der Waals surface area contributed by atoms with Crippen LogP contribution in [0.1, 0.15) is 33.6 Å². The topological polar surface area (TPSA) is 37.4 Å². The highest BCUT2D eigenvalue weighted by Gasteiger charge is 2.34. The summed E-state index contributed by atoms with van der Waals surface area (Å²) in [5.74, 6) is 0.304. The molecule has 1 unspecified atom stereocenters. The molecule has 1 aliphatic heterocycles. The Balaban J connectivity index is 2.60. The first-order valence-corrected chi connectivity index (χ1v) is 4.88. The van der Waals surface area contributed by atoms with Crippen molar-refractivity contribution in [1.82, 2.24) is 4.90 Å². The van der Waals surface area contributed by atoms with Crippen molar-refractivity contribution in [3.63, 3.8) is 0 Å². The van der Waals surface area contributed by atoms with E-state index in [1.807, 2.05) is 20.8 Å². The maximum atomic E-state index is 11.4. The Labute approximate surface area is 79.1 Å². The van der Waals surface area contributed by atoms with Crippen molar-refractivity contribution in [2.24, 2.45) is 5.92 Å². The number of hydrogen-bond donors (Lipinski definition) is 0. The van der Waals surface area contributed by atoms with Crippen LogP contribution in [-0.2, 0) is 9.59 Å². The fourth-order valence-corrected chi connectivity index (χ4v) is 1.73. The van der Waals surface area contributed by atoms with Gasteiger partial charge in [0.15, 0.2) is 0 Å². The van der Waals surface area contributed by atoms with Gasteiger partial charge in [-0.2, -0.15) is 0 Å². The van der Waals surface area contributed by atoms with Gasteiger partial charge >= 0.3 is 0 Å². The number of carbonyl (C=O) groups is 2. The van der Waals surface area contributed by atoms with Crippen LogP contribution in [0.25, 0.3) is 0 Å². The second-order valence-electron chi connectivity index (χ2n) is 3.86. The summed E-state index contributed by atoms with van der Waals surface area (Å²) in [5, 5.41) is 0. The molecule has 0 aliphatic carbocycles. The third kappa shape index (κ3) is 2.08. The third-order valence-electron chi connectivity index (χ3n) is 2.59. The molecule has 1 aliphatic rings. The van der Waals surface area contributed by atoms with Gasteiger partial charge in [-0.05, 0) is 13.8 Å². The zero-order valence-electron chi connectivity index (χ0n) is 8.54. The quantitative estimate of drug-likeness (QED) is 0.659. The maximum Gasteiger partial charge on any atom is 0.223 e. The van der Waals surface area contributed by atoms with Crippen LogP contribution in [0.15, 0.2) is 0 Å². The van der Waals surface area contributed by atoms with Crippen LogP contribution >= 0.6 is 0 Å². The van der Waals surface area contributed by atoms with E-state index in [0.29, 0.717) is 19.4 Å². The van der Waals surface area contributed by atoms with E-state index < -0.39 is 0 Å². The first-order chi connectivity index (χ1) is 6.06. The van der Waals surface area contributed by atoms with Gasteiger partial charge in [0.2, 0.25) is 5.91 Å². The molecule has 0 aromatic carbocycles. The molecular weight excluding hydrogens is 166 g/mol. The fraction of sp³-hybridized carbons (Fsp3) is 0.800. The molecule has 0 radical (unpaired) electrons. The smallest absolute Gasteiger partial charge is 0.223 e. The molecule has 74 valence electrons. The van der Waals surface area contributed by atoms with Crippen LogP contribution < -0.4 is 0 Å². The number of carbonyl (C=O) groups excluding carboxylic acids is 2. The predicted octanol–water partition coefficient (Wildman–Crippen LogP) is 1.22. The minimum absolute atomic E-state index is 0.0418. The molecule has 1 fully saturated rings. The van der Waals surface area contributed by atoms with Crippen LogP contribution in [0.2, 0.25) is 0 Å². The number of amides is 1. The summed E-state index contributed by atoms with van der Waals surface area (Å²) in [6.45, 7) is 6.45. The monoisotopic (exact) mass is 183 g/mol. The second kappa shape index (κ2) is 3.90. The predicted molar refractivity (Wildman–Crippen MR) is 50.3 cm³/mol. The summed E-state index contributed by atoms with van der Waals surface area (Å²) < 4.78 is 0. The molecule has 0 saturated carbocycles. The summed E-state index contributed by atoms with van der Waals surface area (Å²) in [7, 11) is 0. The number of ketones is 1. The van der Waals surface area contributed by atoms with E-state index in [1.165, 1.54) is 0 Å². The summed E-state index contributed by atoms with van der Waals surface area (Å²) in [5.41, 5.74) is 0. The van der Waals surface area contributed by atoms with Crippen LogP contribution in [0.5, 0.6) is 0 Å². The molecule has 1 saturated heterocycles. The number of nitrogens with zero attached hydrogens (tertiary/aromatic N) is 1. The van der Waals surface area contributed by atoms with Gasteiger partial charge in [-0.1, -0.05) is 6.92 Å². The fourth-order valence-electron chi connectivity index (χ4n) is 1.73. The lowest BCUT2D eigenvalue weighted by Crippen LogP contribution is -2.32. The molecule has 1 heterocycles. The highest BCUT2D eigenvalue weighted by molar-refractivity contribution is 5.90. The Hall–Kier alpha value is -0.860. The van der Waals surface area contributed by atoms with Gasteiger partial charge in [-0.3, -0.25) is 9.59 Å². The van der Waals surface area contributed by atoms with E-state index in [4.69, 9.17) is 0 Å². The molecule has 1 amide bonds. The van der Waals surface area contributed by atoms with Crippen molar-refractivity contribution in [2.45, 2.75) is 39.7 Å². The highest BCUT2D eigenvalue weighted by Crippen LogP contribution is 2.21. The van der Waals surface area contributed by atoms with E-state index in [2.05, 4.69) is 0 Å². The van der Waals surface area contributed by atoms with Crippen LogP contribution in [0, 0.1) is 5.92 Å². The molecular formula is C10H17NO2. The normalized spacial score (nSPS) is 22.9. The zero-order valence-corrected chi connectivity index (χ0v) is 8.54. The van der Waals surface area contributed by atoms with Gasteiger partial charge in [0.25, 0.3) is 0 Å². The van der Waals surface area contributed by atoms with Gasteiger partial charge in [0, 0.05) is 31.3 Å². The largest absolute Gasteiger partial charge is 0.340 e. The molecule has 0 aromatic rings. The second-order valence-corrected chi connectivity index (χ2v) is 3.86. The summed E-state index contributed by atoms with van der Waals surface area (Å²) >= 11 is 0. The molecule has 0 bridgehead atoms. The molecule has 1 atom stereocenters. The van der Waals surface area contributed by atoms with Gasteiger partial charge in [0.05, 0.1) is 0 Å². The van der Waals surface area contributed by atoms with E-state index in [9.17, 15) is 9.59 Å². The summed E-state index contributed by atoms with van der Waals surface area (Å²) in [6.07, 6.45) is 0.967. The molecule has 13 heavy (non-hydrogen) atoms. The van der Waals surface area contributed by atoms with E-state index >= 15 is 0 Å². The van der Waals surface area contributed by atoms with Crippen LogP contribution in [-0.4, -0.2) is 29.2 Å². The van der Waals surface area contributed by atoms with Gasteiger partial charge in [0.1, 0.15) is 5.78 Å². The summed E-state index contributed by atoms with van der Waals surface area (Å²) in [6, 6.07) is 0.224. The van der Waals surface area contributed by atoms with E-state index in [0.717, 1.165) is 0 Å². The lowest BCUT2D eigenvalue weighted by molar-refractivity contribution is -0.129. The molecule has 0 N–H and O–H groups in total. The number of rotatable bonds is 3. The average molecular weight is 183 g/mol. The van der Waals surface area contributed by atoms with Crippen molar-refractivity contribution in [1.29, 1.82) is 0 Å². The van der Waals surface area contributed by atoms with Crippen molar-refractivity contribution in [3.05, 3.63) is 0 Å². The first-order valence-electron chi connectivity index (χ1n) is 4.88. The molecule has 0 spiro atoms. The highest BCUT2D eigenvalue weighted by atomic mass is 16.2. The maximum absolute atomic E-state index is 11.4. The van der Waals surface area contributed by atoms with Crippen LogP contribution in [0.4, 0.5) is 0 Å². The van der Waals surface area contributed by atoms with Gasteiger partial charge in [-0.25, -0.2) is 0 Å². The zero-order chi connectivity index (χ0) is 10.0. The standard InChI is InChI=1S/C10H17NO2/c1-4-9(12)8-5-10(13)11(6-8)7(2)3/h7-8H,4-6H2,1-3H3. The molecule has 3 heteroatoms. The lowest BCUT2D eigenvalue weighted by Gasteiger charge is -2.20. The van der Waals surface area contributed by atoms with Crippen LogP contribution in [0.3, 0.4) is 0 Å². The van der Waals surface area contributed by atoms with Crippen molar-refractivity contribution in [2.75, 3.05) is 6.54 Å². The van der Waals surface area contributed by atoms with E-state index in [-0.39, 0.29) is 23.7 Å². The minimum Gasteiger partial charge on any atom is -0.340 e. The molecule has 0 aromatic heterocycles. The first kappa shape index (κ1) is 10.2. The Morgan fingerprint density at radius 1 is 1.62 bits per heavy atom. The molecule has 3 nitrogen and oxygen atoms in total. The van der Waals surface area contributed by atoms with Gasteiger partial charge < -0.3 is 4.90 Å². The SMILES string of the molecule is CCC(=O)C1CC(=O)N(C(C)C)C1. The van der Waals surface area contributed by atoms with Gasteiger partial charge in [-0.15, -0.1) is 0 Å². The third-order valence-corrected chi connectivity index (χ3v) is 2.59. The van der Waals surface area contributed by atoms with E-state index in [1.54, 1.807) is 4.90 Å². The van der Waals surface area contributed by atoms with Crippen molar-refractivity contribution in [3.8, 4) is 0 Å². The molecule has 1 rings (SSSR count). The lowest BCUT2D eigenvalue weighted by atomic mass is 10.0. The number of likely N-dealkylation sites (tertiary alicyclic amines) is 1. The Bertz CT molecular complexity index is 223. The Morgan fingerprint density at radius 3 is 2.62 bits per heavy atom. The van der Waals surface area contributed by atoms with Crippen molar-refractivity contribution >= 4 is 11.7 Å². The number of Topliss-reactive ketones (excluding diaryl/α,β-unsaturated/α-hetero) is 1. The minimum atomic E-state index is -0.0418.